The molecule has 0 aliphatic rings. The number of ether oxygens (including phenoxy) is 2. The second-order valence-electron chi connectivity index (χ2n) is 6.96. The van der Waals surface area contributed by atoms with Crippen LogP contribution < -0.4 is 15.1 Å². The van der Waals surface area contributed by atoms with E-state index in [4.69, 9.17) is 18.7 Å². The number of rotatable bonds is 10. The fourth-order valence-corrected chi connectivity index (χ4v) is 3.06. The SMILES string of the molecule is CONC(C)=C(Cc1cccc(OCCN(C)c2nc3ccccc3o2)c1)C(=O)OC. The third-order valence-corrected chi connectivity index (χ3v) is 4.72. The number of likely N-dealkylation sites (N-methyl/N-ethyl adjacent to an activating group) is 1. The van der Waals surface area contributed by atoms with Gasteiger partial charge in [-0.25, -0.2) is 4.79 Å². The summed E-state index contributed by atoms with van der Waals surface area (Å²) in [6.45, 7) is 2.81. The van der Waals surface area contributed by atoms with E-state index in [2.05, 4.69) is 10.5 Å². The van der Waals surface area contributed by atoms with Crippen molar-refractivity contribution in [1.29, 1.82) is 0 Å². The third kappa shape index (κ3) is 5.76. The van der Waals surface area contributed by atoms with Gasteiger partial charge < -0.3 is 18.8 Å². The first-order valence-corrected chi connectivity index (χ1v) is 9.87. The van der Waals surface area contributed by atoms with Gasteiger partial charge in [0.2, 0.25) is 0 Å². The number of allylic oxidation sites excluding steroid dienone is 1. The van der Waals surface area contributed by atoms with Crippen LogP contribution in [0, 0.1) is 0 Å². The van der Waals surface area contributed by atoms with Gasteiger partial charge in [-0.05, 0) is 36.8 Å². The number of fused-ring (bicyclic) bond motifs is 1. The van der Waals surface area contributed by atoms with Gasteiger partial charge >= 0.3 is 5.97 Å². The van der Waals surface area contributed by atoms with Crippen LogP contribution in [0.4, 0.5) is 6.01 Å². The van der Waals surface area contributed by atoms with E-state index < -0.39 is 5.97 Å². The Kier molecular flexibility index (Phi) is 7.50. The molecule has 1 aromatic heterocycles. The number of carbonyl (C=O) groups is 1. The Balaban J connectivity index is 1.61. The van der Waals surface area contributed by atoms with E-state index in [1.807, 2.05) is 60.5 Å². The number of nitrogens with one attached hydrogen (secondary N) is 1. The molecular weight excluding hydrogens is 398 g/mol. The van der Waals surface area contributed by atoms with Gasteiger partial charge in [-0.3, -0.25) is 10.3 Å². The molecule has 0 fully saturated rings. The summed E-state index contributed by atoms with van der Waals surface area (Å²) in [5.41, 5.74) is 6.27. The van der Waals surface area contributed by atoms with Crippen molar-refractivity contribution in [2.75, 3.05) is 39.3 Å². The van der Waals surface area contributed by atoms with Gasteiger partial charge in [0.05, 0.1) is 26.3 Å². The van der Waals surface area contributed by atoms with Crippen molar-refractivity contribution >= 4 is 23.1 Å². The molecule has 0 saturated heterocycles. The minimum Gasteiger partial charge on any atom is -0.492 e. The topological polar surface area (TPSA) is 86.1 Å². The molecule has 3 rings (SSSR count). The van der Waals surface area contributed by atoms with Crippen LogP contribution >= 0.6 is 0 Å². The van der Waals surface area contributed by atoms with Gasteiger partial charge in [-0.15, -0.1) is 0 Å². The van der Waals surface area contributed by atoms with E-state index in [-0.39, 0.29) is 0 Å². The van der Waals surface area contributed by atoms with Crippen LogP contribution in [-0.2, 0) is 20.8 Å². The van der Waals surface area contributed by atoms with Gasteiger partial charge in [0.15, 0.2) is 5.58 Å². The molecule has 8 heteroatoms. The zero-order valence-electron chi connectivity index (χ0n) is 18.2. The number of carbonyl (C=O) groups excluding carboxylic acids is 1. The van der Waals surface area contributed by atoms with E-state index in [1.165, 1.54) is 14.2 Å². The molecule has 0 aliphatic heterocycles. The molecule has 0 saturated carbocycles. The van der Waals surface area contributed by atoms with Crippen molar-refractivity contribution in [2.24, 2.45) is 0 Å². The number of nitrogens with zero attached hydrogens (tertiary/aromatic N) is 2. The second kappa shape index (κ2) is 10.5. The Morgan fingerprint density at radius 2 is 1.97 bits per heavy atom. The van der Waals surface area contributed by atoms with Crippen LogP contribution in [0.2, 0.25) is 0 Å². The minimum atomic E-state index is -0.409. The van der Waals surface area contributed by atoms with Crippen LogP contribution in [0.3, 0.4) is 0 Å². The monoisotopic (exact) mass is 425 g/mol. The van der Waals surface area contributed by atoms with Gasteiger partial charge in [0, 0.05) is 19.2 Å². The lowest BCUT2D eigenvalue weighted by molar-refractivity contribution is -0.136. The van der Waals surface area contributed by atoms with Crippen molar-refractivity contribution < 1.29 is 23.5 Å². The smallest absolute Gasteiger partial charge is 0.335 e. The van der Waals surface area contributed by atoms with Crippen molar-refractivity contribution in [3.63, 3.8) is 0 Å². The fraction of sp³-hybridized carbons (Fsp3) is 0.304. The molecule has 31 heavy (non-hydrogen) atoms. The lowest BCUT2D eigenvalue weighted by atomic mass is 10.0. The number of benzene rings is 2. The van der Waals surface area contributed by atoms with E-state index in [0.29, 0.717) is 42.6 Å². The van der Waals surface area contributed by atoms with E-state index in [0.717, 1.165) is 16.7 Å². The zero-order valence-corrected chi connectivity index (χ0v) is 18.2. The Bertz CT molecular complexity index is 1030. The average Bonchev–Trinajstić information content (AvgIpc) is 3.22. The van der Waals surface area contributed by atoms with Gasteiger partial charge in [-0.1, -0.05) is 24.3 Å². The molecule has 1 heterocycles. The first-order valence-electron chi connectivity index (χ1n) is 9.87. The molecule has 0 amide bonds. The first-order chi connectivity index (χ1) is 15.0. The van der Waals surface area contributed by atoms with E-state index >= 15 is 0 Å². The van der Waals surface area contributed by atoms with Crippen molar-refractivity contribution in [3.8, 4) is 5.75 Å². The Labute approximate surface area is 181 Å². The summed E-state index contributed by atoms with van der Waals surface area (Å²) in [4.78, 5) is 23.4. The summed E-state index contributed by atoms with van der Waals surface area (Å²) < 4.78 is 16.6. The van der Waals surface area contributed by atoms with Crippen LogP contribution in [0.5, 0.6) is 5.75 Å². The number of esters is 1. The van der Waals surface area contributed by atoms with Gasteiger partial charge in [-0.2, -0.15) is 4.98 Å². The summed E-state index contributed by atoms with van der Waals surface area (Å²) in [5, 5.41) is 0. The molecule has 0 aliphatic carbocycles. The fourth-order valence-electron chi connectivity index (χ4n) is 3.06. The van der Waals surface area contributed by atoms with E-state index in [9.17, 15) is 4.79 Å². The molecule has 0 radical (unpaired) electrons. The molecule has 8 nitrogen and oxygen atoms in total. The summed E-state index contributed by atoms with van der Waals surface area (Å²) >= 11 is 0. The molecule has 0 unspecified atom stereocenters. The highest BCUT2D eigenvalue weighted by Gasteiger charge is 2.15. The maximum atomic E-state index is 12.1. The predicted octanol–water partition coefficient (Wildman–Crippen LogP) is 3.48. The van der Waals surface area contributed by atoms with Crippen molar-refractivity contribution in [1.82, 2.24) is 10.5 Å². The lowest BCUT2D eigenvalue weighted by Crippen LogP contribution is -2.24. The highest BCUT2D eigenvalue weighted by molar-refractivity contribution is 5.89. The van der Waals surface area contributed by atoms with E-state index in [1.54, 1.807) is 6.92 Å². The number of methoxy groups -OCH3 is 1. The highest BCUT2D eigenvalue weighted by atomic mass is 16.6. The average molecular weight is 425 g/mol. The first kappa shape index (κ1) is 22.2. The van der Waals surface area contributed by atoms with Crippen molar-refractivity contribution in [3.05, 3.63) is 65.4 Å². The zero-order chi connectivity index (χ0) is 22.2. The number of hydroxylamine groups is 1. The summed E-state index contributed by atoms with van der Waals surface area (Å²) in [7, 11) is 4.75. The molecule has 164 valence electrons. The van der Waals surface area contributed by atoms with Crippen molar-refractivity contribution in [2.45, 2.75) is 13.3 Å². The van der Waals surface area contributed by atoms with Crippen LogP contribution in [0.25, 0.3) is 11.1 Å². The number of aromatic nitrogens is 1. The normalized spacial score (nSPS) is 11.7. The summed E-state index contributed by atoms with van der Waals surface area (Å²) in [6, 6.07) is 15.8. The number of hydrogen-bond donors (Lipinski definition) is 1. The van der Waals surface area contributed by atoms with Crippen LogP contribution in [0.1, 0.15) is 12.5 Å². The van der Waals surface area contributed by atoms with Crippen LogP contribution in [0.15, 0.2) is 64.2 Å². The molecule has 3 aromatic rings. The molecular formula is C23H27N3O5. The van der Waals surface area contributed by atoms with Gasteiger partial charge in [0.1, 0.15) is 17.9 Å². The summed E-state index contributed by atoms with van der Waals surface area (Å²) in [6.07, 6.45) is 0.384. The van der Waals surface area contributed by atoms with Gasteiger partial charge in [0.25, 0.3) is 6.01 Å². The predicted molar refractivity (Wildman–Crippen MR) is 118 cm³/mol. The maximum absolute atomic E-state index is 12.1. The lowest BCUT2D eigenvalue weighted by Gasteiger charge is -2.15. The Morgan fingerprint density at radius 1 is 1.16 bits per heavy atom. The largest absolute Gasteiger partial charge is 0.492 e. The summed E-state index contributed by atoms with van der Waals surface area (Å²) in [5.74, 6) is 0.304. The molecule has 1 N–H and O–H groups in total. The quantitative estimate of drug-likeness (QED) is 0.300. The maximum Gasteiger partial charge on any atom is 0.335 e. The second-order valence-corrected chi connectivity index (χ2v) is 6.96. The highest BCUT2D eigenvalue weighted by Crippen LogP contribution is 2.21. The molecule has 0 atom stereocenters. The molecule has 0 spiro atoms. The number of anilines is 1. The molecule has 2 aromatic carbocycles. The number of oxazole rings is 1. The van der Waals surface area contributed by atoms with Crippen LogP contribution in [-0.4, -0.2) is 45.4 Å². The minimum absolute atomic E-state index is 0.384. The Hall–Kier alpha value is -3.52. The molecule has 0 bridgehead atoms. The number of para-hydroxylation sites is 2. The standard InChI is InChI=1S/C23H27N3O5/c1-16(25-29-4)19(22(27)28-3)15-17-8-7-9-18(14-17)30-13-12-26(2)23-24-20-10-5-6-11-21(20)31-23/h5-11,14,25H,12-13,15H2,1-4H3. The third-order valence-electron chi connectivity index (χ3n) is 4.72. The number of hydrogen-bond acceptors (Lipinski definition) is 8. The Morgan fingerprint density at radius 3 is 2.71 bits per heavy atom.